The molecule has 0 radical (unpaired) electrons. The monoisotopic (exact) mass is 332 g/mol. The summed E-state index contributed by atoms with van der Waals surface area (Å²) in [6.07, 6.45) is 1.53. The first-order valence-corrected chi connectivity index (χ1v) is 8.17. The van der Waals surface area contributed by atoms with Crippen molar-refractivity contribution < 1.29 is 9.53 Å². The molecule has 0 saturated heterocycles. The molecule has 2 aromatic rings. The molecule has 0 spiro atoms. The zero-order valence-electron chi connectivity index (χ0n) is 12.5. The highest BCUT2D eigenvalue weighted by molar-refractivity contribution is 7.99. The predicted molar refractivity (Wildman–Crippen MR) is 92.3 cm³/mol. The number of halogens is 1. The Morgan fingerprint density at radius 1 is 1.18 bits per heavy atom. The zero-order chi connectivity index (χ0) is 15.9. The van der Waals surface area contributed by atoms with Crippen LogP contribution in [0.4, 0.5) is 0 Å². The van der Waals surface area contributed by atoms with Gasteiger partial charge in [0, 0.05) is 20.9 Å². The van der Waals surface area contributed by atoms with Gasteiger partial charge in [-0.15, -0.1) is 0 Å². The van der Waals surface area contributed by atoms with Crippen molar-refractivity contribution in [2.24, 2.45) is 0 Å². The van der Waals surface area contributed by atoms with Gasteiger partial charge >= 0.3 is 5.97 Å². The van der Waals surface area contributed by atoms with Crippen LogP contribution in [0, 0.1) is 0 Å². The molecule has 0 aliphatic carbocycles. The van der Waals surface area contributed by atoms with Crippen LogP contribution in [0.3, 0.4) is 0 Å². The summed E-state index contributed by atoms with van der Waals surface area (Å²) in [6, 6.07) is 15.7. The lowest BCUT2D eigenvalue weighted by Gasteiger charge is -2.10. The summed E-state index contributed by atoms with van der Waals surface area (Å²) in [7, 11) is 0. The topological polar surface area (TPSA) is 26.3 Å². The van der Waals surface area contributed by atoms with Crippen molar-refractivity contribution in [2.75, 3.05) is 6.61 Å². The summed E-state index contributed by atoms with van der Waals surface area (Å²) in [5.41, 5.74) is 1.91. The molecule has 0 aromatic heterocycles. The molecule has 0 aliphatic heterocycles. The average Bonchev–Trinajstić information content (AvgIpc) is 2.50. The third-order valence-electron chi connectivity index (χ3n) is 2.97. The first-order chi connectivity index (χ1) is 10.6. The van der Waals surface area contributed by atoms with E-state index in [-0.39, 0.29) is 5.97 Å². The number of esters is 1. The Labute approximate surface area is 140 Å². The SMILES string of the molecule is CCOC(=O)/C=C(/C)c1ccccc1Sc1ccc(Cl)cc1. The minimum Gasteiger partial charge on any atom is -0.463 e. The number of ether oxygens (including phenoxy) is 1. The van der Waals surface area contributed by atoms with E-state index in [1.807, 2.05) is 55.5 Å². The fourth-order valence-corrected chi connectivity index (χ4v) is 3.09. The van der Waals surface area contributed by atoms with Crippen LogP contribution in [0.5, 0.6) is 0 Å². The van der Waals surface area contributed by atoms with E-state index in [1.165, 1.54) is 6.08 Å². The highest BCUT2D eigenvalue weighted by Crippen LogP contribution is 2.34. The van der Waals surface area contributed by atoms with E-state index in [0.717, 1.165) is 26.0 Å². The maximum absolute atomic E-state index is 11.6. The molecular weight excluding hydrogens is 316 g/mol. The van der Waals surface area contributed by atoms with E-state index in [0.29, 0.717) is 6.61 Å². The number of benzene rings is 2. The normalized spacial score (nSPS) is 11.3. The molecule has 0 bridgehead atoms. The molecule has 114 valence electrons. The second-order valence-electron chi connectivity index (χ2n) is 4.63. The van der Waals surface area contributed by atoms with Gasteiger partial charge in [-0.1, -0.05) is 41.6 Å². The quantitative estimate of drug-likeness (QED) is 0.537. The number of allylic oxidation sites excluding steroid dienone is 1. The van der Waals surface area contributed by atoms with E-state index in [4.69, 9.17) is 16.3 Å². The predicted octanol–water partition coefficient (Wildman–Crippen LogP) is 5.46. The molecule has 0 unspecified atom stereocenters. The fraction of sp³-hybridized carbons (Fsp3) is 0.167. The Bertz CT molecular complexity index is 678. The van der Waals surface area contributed by atoms with E-state index in [1.54, 1.807) is 18.7 Å². The molecule has 0 fully saturated rings. The Hall–Kier alpha value is -1.71. The van der Waals surface area contributed by atoms with Gasteiger partial charge in [0.2, 0.25) is 0 Å². The molecule has 0 heterocycles. The fourth-order valence-electron chi connectivity index (χ4n) is 1.95. The summed E-state index contributed by atoms with van der Waals surface area (Å²) in [6.45, 7) is 4.09. The summed E-state index contributed by atoms with van der Waals surface area (Å²) in [5.74, 6) is -0.314. The average molecular weight is 333 g/mol. The van der Waals surface area contributed by atoms with E-state index in [2.05, 4.69) is 0 Å². The molecule has 2 nitrogen and oxygen atoms in total. The molecule has 4 heteroatoms. The number of rotatable bonds is 5. The van der Waals surface area contributed by atoms with Gasteiger partial charge < -0.3 is 4.74 Å². The van der Waals surface area contributed by atoms with Crippen LogP contribution in [0.2, 0.25) is 5.02 Å². The molecule has 0 N–H and O–H groups in total. The zero-order valence-corrected chi connectivity index (χ0v) is 14.1. The maximum atomic E-state index is 11.6. The Balaban J connectivity index is 2.26. The summed E-state index contributed by atoms with van der Waals surface area (Å²) >= 11 is 7.55. The molecule has 2 rings (SSSR count). The second kappa shape index (κ2) is 8.06. The summed E-state index contributed by atoms with van der Waals surface area (Å²) < 4.78 is 4.97. The van der Waals surface area contributed by atoms with Crippen molar-refractivity contribution in [1.82, 2.24) is 0 Å². The first-order valence-electron chi connectivity index (χ1n) is 6.98. The largest absolute Gasteiger partial charge is 0.463 e. The lowest BCUT2D eigenvalue weighted by Crippen LogP contribution is -2.00. The first kappa shape index (κ1) is 16.7. The molecule has 0 atom stereocenters. The van der Waals surface area contributed by atoms with Gasteiger partial charge in [0.1, 0.15) is 0 Å². The van der Waals surface area contributed by atoms with Crippen LogP contribution in [0.1, 0.15) is 19.4 Å². The molecule has 0 amide bonds. The number of hydrogen-bond donors (Lipinski definition) is 0. The van der Waals surface area contributed by atoms with Gasteiger partial charge in [-0.3, -0.25) is 0 Å². The highest BCUT2D eigenvalue weighted by atomic mass is 35.5. The van der Waals surface area contributed by atoms with Gasteiger partial charge in [-0.05, 0) is 55.3 Å². The van der Waals surface area contributed by atoms with Crippen molar-refractivity contribution in [3.05, 3.63) is 65.2 Å². The smallest absolute Gasteiger partial charge is 0.331 e. The molecular formula is C18H17ClO2S. The van der Waals surface area contributed by atoms with Crippen molar-refractivity contribution >= 4 is 34.9 Å². The number of hydrogen-bond acceptors (Lipinski definition) is 3. The van der Waals surface area contributed by atoms with Crippen molar-refractivity contribution in [3.8, 4) is 0 Å². The Morgan fingerprint density at radius 3 is 2.55 bits per heavy atom. The molecule has 22 heavy (non-hydrogen) atoms. The number of carbonyl (C=O) groups excluding carboxylic acids is 1. The maximum Gasteiger partial charge on any atom is 0.331 e. The van der Waals surface area contributed by atoms with Crippen LogP contribution in [-0.2, 0) is 9.53 Å². The Morgan fingerprint density at radius 2 is 1.86 bits per heavy atom. The molecule has 0 saturated carbocycles. The van der Waals surface area contributed by atoms with Crippen LogP contribution < -0.4 is 0 Å². The van der Waals surface area contributed by atoms with Crippen molar-refractivity contribution in [1.29, 1.82) is 0 Å². The second-order valence-corrected chi connectivity index (χ2v) is 6.18. The van der Waals surface area contributed by atoms with E-state index >= 15 is 0 Å². The van der Waals surface area contributed by atoms with Gasteiger partial charge in [0.15, 0.2) is 0 Å². The van der Waals surface area contributed by atoms with Gasteiger partial charge in [0.25, 0.3) is 0 Å². The van der Waals surface area contributed by atoms with Crippen LogP contribution in [-0.4, -0.2) is 12.6 Å². The summed E-state index contributed by atoms with van der Waals surface area (Å²) in [4.78, 5) is 13.8. The third-order valence-corrected chi connectivity index (χ3v) is 4.31. The molecule has 2 aromatic carbocycles. The van der Waals surface area contributed by atoms with Gasteiger partial charge in [-0.25, -0.2) is 4.79 Å². The Kier molecular flexibility index (Phi) is 6.10. The summed E-state index contributed by atoms with van der Waals surface area (Å²) in [5, 5.41) is 0.719. The molecule has 0 aliphatic rings. The van der Waals surface area contributed by atoms with Crippen molar-refractivity contribution in [3.63, 3.8) is 0 Å². The lowest BCUT2D eigenvalue weighted by molar-refractivity contribution is -0.137. The van der Waals surface area contributed by atoms with Crippen LogP contribution in [0.25, 0.3) is 5.57 Å². The van der Waals surface area contributed by atoms with Crippen LogP contribution in [0.15, 0.2) is 64.4 Å². The third kappa shape index (κ3) is 4.65. The van der Waals surface area contributed by atoms with Crippen molar-refractivity contribution in [2.45, 2.75) is 23.6 Å². The highest BCUT2D eigenvalue weighted by Gasteiger charge is 2.08. The standard InChI is InChI=1S/C18H17ClO2S/c1-3-21-18(20)12-13(2)16-6-4-5-7-17(16)22-15-10-8-14(19)9-11-15/h4-12H,3H2,1-2H3/b13-12-. The minimum absolute atomic E-state index is 0.314. The van der Waals surface area contributed by atoms with E-state index in [9.17, 15) is 4.79 Å². The minimum atomic E-state index is -0.314. The van der Waals surface area contributed by atoms with E-state index < -0.39 is 0 Å². The number of carbonyl (C=O) groups is 1. The lowest BCUT2D eigenvalue weighted by atomic mass is 10.1. The van der Waals surface area contributed by atoms with Gasteiger partial charge in [0.05, 0.1) is 6.61 Å². The van der Waals surface area contributed by atoms with Crippen LogP contribution >= 0.6 is 23.4 Å². The van der Waals surface area contributed by atoms with Gasteiger partial charge in [-0.2, -0.15) is 0 Å².